The molecule has 0 aromatic heterocycles. The maximum Gasteiger partial charge on any atom is 0.181 e. The van der Waals surface area contributed by atoms with Crippen LogP contribution in [0.3, 0.4) is 0 Å². The number of benzene rings is 2. The van der Waals surface area contributed by atoms with E-state index in [0.29, 0.717) is 13.0 Å². The number of sulfone groups is 1. The molecule has 0 N–H and O–H groups in total. The van der Waals surface area contributed by atoms with Crippen LogP contribution in [-0.2, 0) is 16.3 Å². The quantitative estimate of drug-likeness (QED) is 0.684. The molecule has 0 heterocycles. The average molecular weight is 349 g/mol. The molecule has 24 heavy (non-hydrogen) atoms. The van der Waals surface area contributed by atoms with E-state index in [-0.39, 0.29) is 4.90 Å². The van der Waals surface area contributed by atoms with Gasteiger partial charge in [0.25, 0.3) is 0 Å². The SMILES string of the molecule is CC(CCN(C)CCc1ccccc1)S(=O)(=O)c1ccc(F)cc1. The molecule has 0 saturated heterocycles. The van der Waals surface area contributed by atoms with Gasteiger partial charge in [-0.15, -0.1) is 0 Å². The van der Waals surface area contributed by atoms with Crippen LogP contribution in [0.2, 0.25) is 0 Å². The van der Waals surface area contributed by atoms with Gasteiger partial charge in [-0.25, -0.2) is 12.8 Å². The Morgan fingerprint density at radius 1 is 1.00 bits per heavy atom. The second-order valence-corrected chi connectivity index (χ2v) is 8.50. The highest BCUT2D eigenvalue weighted by Crippen LogP contribution is 2.18. The predicted octanol–water partition coefficient (Wildman–Crippen LogP) is 3.55. The molecular weight excluding hydrogens is 325 g/mol. The average Bonchev–Trinajstić information content (AvgIpc) is 2.59. The lowest BCUT2D eigenvalue weighted by molar-refractivity contribution is 0.332. The topological polar surface area (TPSA) is 37.4 Å². The lowest BCUT2D eigenvalue weighted by atomic mass is 10.1. The predicted molar refractivity (Wildman–Crippen MR) is 95.3 cm³/mol. The molecule has 130 valence electrons. The van der Waals surface area contributed by atoms with Crippen LogP contribution in [0.4, 0.5) is 4.39 Å². The molecule has 2 aromatic rings. The first-order chi connectivity index (χ1) is 11.4. The summed E-state index contributed by atoms with van der Waals surface area (Å²) in [5.41, 5.74) is 1.27. The fourth-order valence-electron chi connectivity index (χ4n) is 2.49. The summed E-state index contributed by atoms with van der Waals surface area (Å²) in [6, 6.07) is 15.3. The molecule has 2 rings (SSSR count). The van der Waals surface area contributed by atoms with Gasteiger partial charge in [-0.05, 0) is 63.2 Å². The van der Waals surface area contributed by atoms with Gasteiger partial charge in [-0.3, -0.25) is 0 Å². The molecule has 3 nitrogen and oxygen atoms in total. The van der Waals surface area contributed by atoms with Crippen LogP contribution in [0.1, 0.15) is 18.9 Å². The largest absolute Gasteiger partial charge is 0.306 e. The fraction of sp³-hybridized carbons (Fsp3) is 0.368. The van der Waals surface area contributed by atoms with Crippen molar-refractivity contribution in [3.05, 3.63) is 66.0 Å². The number of likely N-dealkylation sites (N-methyl/N-ethyl adjacent to an activating group) is 1. The Morgan fingerprint density at radius 3 is 2.25 bits per heavy atom. The zero-order valence-electron chi connectivity index (χ0n) is 14.2. The molecule has 1 unspecified atom stereocenters. The van der Waals surface area contributed by atoms with Gasteiger partial charge in [0.1, 0.15) is 5.82 Å². The second kappa shape index (κ2) is 8.40. The number of rotatable bonds is 8. The van der Waals surface area contributed by atoms with Gasteiger partial charge in [0.15, 0.2) is 9.84 Å². The molecule has 0 aliphatic heterocycles. The zero-order chi connectivity index (χ0) is 17.6. The molecule has 0 amide bonds. The van der Waals surface area contributed by atoms with Gasteiger partial charge < -0.3 is 4.90 Å². The molecule has 0 aliphatic carbocycles. The third kappa shape index (κ3) is 5.14. The van der Waals surface area contributed by atoms with Crippen LogP contribution in [0, 0.1) is 5.82 Å². The van der Waals surface area contributed by atoms with Crippen LogP contribution in [0.5, 0.6) is 0 Å². The zero-order valence-corrected chi connectivity index (χ0v) is 15.0. The number of hydrogen-bond donors (Lipinski definition) is 0. The van der Waals surface area contributed by atoms with Crippen molar-refractivity contribution < 1.29 is 12.8 Å². The van der Waals surface area contributed by atoms with Crippen molar-refractivity contribution in [3.63, 3.8) is 0 Å². The molecule has 0 fully saturated rings. The van der Waals surface area contributed by atoms with E-state index in [1.165, 1.54) is 29.8 Å². The molecule has 0 saturated carbocycles. The Balaban J connectivity index is 1.85. The number of hydrogen-bond acceptors (Lipinski definition) is 3. The smallest absolute Gasteiger partial charge is 0.181 e. The van der Waals surface area contributed by atoms with Crippen LogP contribution < -0.4 is 0 Å². The summed E-state index contributed by atoms with van der Waals surface area (Å²) in [5.74, 6) is -0.428. The van der Waals surface area contributed by atoms with Crippen LogP contribution in [0.15, 0.2) is 59.5 Å². The first-order valence-corrected chi connectivity index (χ1v) is 9.66. The van der Waals surface area contributed by atoms with E-state index in [4.69, 9.17) is 0 Å². The Labute approximate surface area is 144 Å². The van der Waals surface area contributed by atoms with Crippen molar-refractivity contribution in [2.75, 3.05) is 20.1 Å². The Bertz CT molecular complexity index is 730. The van der Waals surface area contributed by atoms with E-state index in [0.717, 1.165) is 13.0 Å². The summed E-state index contributed by atoms with van der Waals surface area (Å²) in [6.45, 7) is 3.30. The second-order valence-electron chi connectivity index (χ2n) is 6.14. The molecular formula is C19H24FNO2S. The molecule has 2 aromatic carbocycles. The molecule has 1 atom stereocenters. The lowest BCUT2D eigenvalue weighted by Crippen LogP contribution is -2.28. The van der Waals surface area contributed by atoms with Crippen molar-refractivity contribution in [2.24, 2.45) is 0 Å². The molecule has 0 bridgehead atoms. The van der Waals surface area contributed by atoms with Crippen molar-refractivity contribution in [1.82, 2.24) is 4.90 Å². The molecule has 0 radical (unpaired) electrons. The van der Waals surface area contributed by atoms with Gasteiger partial charge in [0, 0.05) is 6.54 Å². The normalized spacial score (nSPS) is 13.2. The summed E-state index contributed by atoms with van der Waals surface area (Å²) >= 11 is 0. The Hall–Kier alpha value is -1.72. The highest BCUT2D eigenvalue weighted by atomic mass is 32.2. The van der Waals surface area contributed by atoms with Gasteiger partial charge in [-0.2, -0.15) is 0 Å². The standard InChI is InChI=1S/C19H24FNO2S/c1-16(24(22,23)19-10-8-18(20)9-11-19)12-14-21(2)15-13-17-6-4-3-5-7-17/h3-11,16H,12-15H2,1-2H3. The first-order valence-electron chi connectivity index (χ1n) is 8.11. The first kappa shape index (κ1) is 18.6. The highest BCUT2D eigenvalue weighted by molar-refractivity contribution is 7.92. The maximum absolute atomic E-state index is 13.0. The fourth-order valence-corrected chi connectivity index (χ4v) is 3.89. The highest BCUT2D eigenvalue weighted by Gasteiger charge is 2.23. The third-order valence-electron chi connectivity index (χ3n) is 4.21. The molecule has 0 aliphatic rings. The minimum atomic E-state index is -3.41. The van der Waals surface area contributed by atoms with Gasteiger partial charge in [0.05, 0.1) is 10.1 Å². The molecule has 5 heteroatoms. The van der Waals surface area contributed by atoms with E-state index in [2.05, 4.69) is 17.0 Å². The Kier molecular flexibility index (Phi) is 6.52. The van der Waals surface area contributed by atoms with Gasteiger partial charge in [-0.1, -0.05) is 30.3 Å². The summed E-state index contributed by atoms with van der Waals surface area (Å²) in [5, 5.41) is -0.498. The van der Waals surface area contributed by atoms with Gasteiger partial charge >= 0.3 is 0 Å². The van der Waals surface area contributed by atoms with Crippen molar-refractivity contribution in [2.45, 2.75) is 29.9 Å². The van der Waals surface area contributed by atoms with Crippen molar-refractivity contribution >= 4 is 9.84 Å². The third-order valence-corrected chi connectivity index (χ3v) is 6.44. The van der Waals surface area contributed by atoms with E-state index in [1.807, 2.05) is 25.2 Å². The minimum absolute atomic E-state index is 0.184. The van der Waals surface area contributed by atoms with Crippen molar-refractivity contribution in [3.8, 4) is 0 Å². The monoisotopic (exact) mass is 349 g/mol. The summed E-state index contributed by atoms with van der Waals surface area (Å²) in [6.07, 6.45) is 1.49. The number of halogens is 1. The van der Waals surface area contributed by atoms with E-state index >= 15 is 0 Å². The van der Waals surface area contributed by atoms with E-state index in [1.54, 1.807) is 6.92 Å². The van der Waals surface area contributed by atoms with Crippen LogP contribution in [0.25, 0.3) is 0 Å². The van der Waals surface area contributed by atoms with Crippen LogP contribution in [-0.4, -0.2) is 38.7 Å². The van der Waals surface area contributed by atoms with Crippen molar-refractivity contribution in [1.29, 1.82) is 0 Å². The van der Waals surface area contributed by atoms with E-state index in [9.17, 15) is 12.8 Å². The van der Waals surface area contributed by atoms with E-state index < -0.39 is 20.9 Å². The summed E-state index contributed by atoms with van der Waals surface area (Å²) in [7, 11) is -1.41. The molecule has 0 spiro atoms. The Morgan fingerprint density at radius 2 is 1.62 bits per heavy atom. The summed E-state index contributed by atoms with van der Waals surface area (Å²) in [4.78, 5) is 2.33. The summed E-state index contributed by atoms with van der Waals surface area (Å²) < 4.78 is 37.9. The maximum atomic E-state index is 13.0. The lowest BCUT2D eigenvalue weighted by Gasteiger charge is -2.19. The van der Waals surface area contributed by atoms with Gasteiger partial charge in [0.2, 0.25) is 0 Å². The van der Waals surface area contributed by atoms with Crippen LogP contribution >= 0.6 is 0 Å². The number of nitrogens with zero attached hydrogens (tertiary/aromatic N) is 1. The minimum Gasteiger partial charge on any atom is -0.306 e.